The van der Waals surface area contributed by atoms with Gasteiger partial charge in [0.05, 0.1) is 5.69 Å². The van der Waals surface area contributed by atoms with E-state index >= 15 is 0 Å². The molecule has 0 aromatic heterocycles. The Labute approximate surface area is 108 Å². The molecule has 1 unspecified atom stereocenters. The van der Waals surface area contributed by atoms with E-state index in [2.05, 4.69) is 15.9 Å². The van der Waals surface area contributed by atoms with Crippen LogP contribution in [0.1, 0.15) is 18.4 Å². The van der Waals surface area contributed by atoms with Crippen LogP contribution in [0.2, 0.25) is 0 Å². The number of anilines is 1. The fraction of sp³-hybridized carbons (Fsp3) is 0.333. The number of nitrogens with two attached hydrogens (primary N) is 1. The van der Waals surface area contributed by atoms with Crippen LogP contribution in [0.25, 0.3) is 0 Å². The molecule has 1 aromatic rings. The van der Waals surface area contributed by atoms with Crippen LogP contribution in [0, 0.1) is 6.92 Å². The summed E-state index contributed by atoms with van der Waals surface area (Å²) in [7, 11) is 0. The minimum Gasteiger partial charge on any atom is -0.368 e. The first-order chi connectivity index (χ1) is 8.00. The lowest BCUT2D eigenvalue weighted by Crippen LogP contribution is -2.42. The van der Waals surface area contributed by atoms with Crippen molar-refractivity contribution in [1.29, 1.82) is 0 Å². The van der Waals surface area contributed by atoms with Gasteiger partial charge in [-0.1, -0.05) is 6.07 Å². The Bertz CT molecular complexity index is 487. The number of hydrogen-bond donors (Lipinski definition) is 1. The van der Waals surface area contributed by atoms with Crippen molar-refractivity contribution in [3.8, 4) is 0 Å². The second-order valence-corrected chi connectivity index (χ2v) is 5.03. The largest absolute Gasteiger partial charge is 0.368 e. The molecule has 1 heterocycles. The van der Waals surface area contributed by atoms with Crippen LogP contribution in [-0.4, -0.2) is 17.9 Å². The van der Waals surface area contributed by atoms with Gasteiger partial charge in [0.1, 0.15) is 6.04 Å². The maximum absolute atomic E-state index is 11.8. The summed E-state index contributed by atoms with van der Waals surface area (Å²) in [6.45, 7) is 1.96. The van der Waals surface area contributed by atoms with Gasteiger partial charge in [0.25, 0.3) is 0 Å². The van der Waals surface area contributed by atoms with E-state index in [9.17, 15) is 9.59 Å². The lowest BCUT2D eigenvalue weighted by atomic mass is 10.2. The first-order valence-corrected chi connectivity index (χ1v) is 6.17. The van der Waals surface area contributed by atoms with Crippen LogP contribution in [0.5, 0.6) is 0 Å². The van der Waals surface area contributed by atoms with E-state index in [1.54, 1.807) is 0 Å². The number of carbonyl (C=O) groups excluding carboxylic acids is 2. The summed E-state index contributed by atoms with van der Waals surface area (Å²) in [6.07, 6.45) is 0.863. The summed E-state index contributed by atoms with van der Waals surface area (Å²) < 4.78 is 0.805. The maximum Gasteiger partial charge on any atom is 0.240 e. The molecule has 1 saturated heterocycles. The molecule has 1 aliphatic rings. The molecule has 0 aliphatic carbocycles. The molecule has 1 atom stereocenters. The van der Waals surface area contributed by atoms with Crippen LogP contribution in [0.15, 0.2) is 22.7 Å². The minimum atomic E-state index is -0.526. The molecule has 0 spiro atoms. The Balaban J connectivity index is 2.43. The van der Waals surface area contributed by atoms with Gasteiger partial charge >= 0.3 is 0 Å². The van der Waals surface area contributed by atoms with Crippen LogP contribution < -0.4 is 10.6 Å². The average Bonchev–Trinajstić information content (AvgIpc) is 2.60. The van der Waals surface area contributed by atoms with Crippen LogP contribution in [-0.2, 0) is 9.59 Å². The summed E-state index contributed by atoms with van der Waals surface area (Å²) in [5, 5.41) is 0. The topological polar surface area (TPSA) is 63.4 Å². The Kier molecular flexibility index (Phi) is 3.19. The zero-order valence-corrected chi connectivity index (χ0v) is 11.0. The summed E-state index contributed by atoms with van der Waals surface area (Å²) in [4.78, 5) is 24.6. The van der Waals surface area contributed by atoms with Gasteiger partial charge in [-0.2, -0.15) is 0 Å². The lowest BCUT2D eigenvalue weighted by Gasteiger charge is -2.23. The van der Waals surface area contributed by atoms with Gasteiger partial charge in [-0.15, -0.1) is 0 Å². The zero-order chi connectivity index (χ0) is 12.6. The fourth-order valence-electron chi connectivity index (χ4n) is 2.06. The minimum absolute atomic E-state index is 0.0571. The number of rotatable bonds is 2. The highest BCUT2D eigenvalue weighted by Crippen LogP contribution is 2.33. The fourth-order valence-corrected chi connectivity index (χ4v) is 2.75. The van der Waals surface area contributed by atoms with E-state index in [0.717, 1.165) is 10.0 Å². The Hall–Kier alpha value is -1.36. The number of carbonyl (C=O) groups is 2. The molecule has 17 heavy (non-hydrogen) atoms. The van der Waals surface area contributed by atoms with Crippen molar-refractivity contribution in [2.45, 2.75) is 25.8 Å². The zero-order valence-electron chi connectivity index (χ0n) is 9.44. The van der Waals surface area contributed by atoms with Crippen molar-refractivity contribution in [3.63, 3.8) is 0 Å². The van der Waals surface area contributed by atoms with Gasteiger partial charge in [-0.05, 0) is 47.0 Å². The van der Waals surface area contributed by atoms with Crippen molar-refractivity contribution < 1.29 is 9.59 Å². The van der Waals surface area contributed by atoms with Crippen LogP contribution in [0.3, 0.4) is 0 Å². The molecular formula is C12H13BrN2O2. The predicted molar refractivity (Wildman–Crippen MR) is 68.6 cm³/mol. The van der Waals surface area contributed by atoms with Gasteiger partial charge in [0.2, 0.25) is 11.8 Å². The Morgan fingerprint density at radius 1 is 1.53 bits per heavy atom. The van der Waals surface area contributed by atoms with Gasteiger partial charge in [-0.25, -0.2) is 0 Å². The number of aryl methyl sites for hydroxylation is 1. The van der Waals surface area contributed by atoms with E-state index in [1.807, 2.05) is 25.1 Å². The smallest absolute Gasteiger partial charge is 0.240 e. The van der Waals surface area contributed by atoms with Crippen molar-refractivity contribution in [1.82, 2.24) is 0 Å². The van der Waals surface area contributed by atoms with E-state index < -0.39 is 11.9 Å². The van der Waals surface area contributed by atoms with E-state index in [4.69, 9.17) is 5.73 Å². The third-order valence-electron chi connectivity index (χ3n) is 2.90. The first-order valence-electron chi connectivity index (χ1n) is 5.38. The van der Waals surface area contributed by atoms with Crippen molar-refractivity contribution >= 4 is 33.4 Å². The number of halogens is 1. The van der Waals surface area contributed by atoms with Gasteiger partial charge in [0, 0.05) is 10.9 Å². The van der Waals surface area contributed by atoms with Crippen molar-refractivity contribution in [2.24, 2.45) is 5.73 Å². The second kappa shape index (κ2) is 4.49. The van der Waals surface area contributed by atoms with Crippen LogP contribution in [0.4, 0.5) is 5.69 Å². The molecule has 1 aliphatic heterocycles. The summed E-state index contributed by atoms with van der Waals surface area (Å²) in [5.41, 5.74) is 7.12. The molecule has 90 valence electrons. The van der Waals surface area contributed by atoms with Crippen molar-refractivity contribution in [2.75, 3.05) is 4.90 Å². The molecule has 2 N–H and O–H groups in total. The number of hydrogen-bond acceptors (Lipinski definition) is 2. The number of benzene rings is 1. The highest BCUT2D eigenvalue weighted by Gasteiger charge is 2.36. The highest BCUT2D eigenvalue weighted by molar-refractivity contribution is 9.10. The average molecular weight is 297 g/mol. The molecule has 1 aromatic carbocycles. The van der Waals surface area contributed by atoms with Gasteiger partial charge in [0.15, 0.2) is 0 Å². The highest BCUT2D eigenvalue weighted by atomic mass is 79.9. The maximum atomic E-state index is 11.8. The van der Waals surface area contributed by atoms with Crippen LogP contribution >= 0.6 is 15.9 Å². The molecule has 0 bridgehead atoms. The molecule has 4 nitrogen and oxygen atoms in total. The molecule has 5 heteroatoms. The van der Waals surface area contributed by atoms with E-state index in [1.165, 1.54) is 4.90 Å². The molecule has 0 radical (unpaired) electrons. The molecule has 0 saturated carbocycles. The number of nitrogens with zero attached hydrogens (tertiary/aromatic N) is 1. The monoisotopic (exact) mass is 296 g/mol. The lowest BCUT2D eigenvalue weighted by molar-refractivity contribution is -0.121. The van der Waals surface area contributed by atoms with Gasteiger partial charge in [-0.3, -0.25) is 14.5 Å². The van der Waals surface area contributed by atoms with Crippen molar-refractivity contribution in [3.05, 3.63) is 28.2 Å². The summed E-state index contributed by atoms with van der Waals surface area (Å²) in [5.74, 6) is -0.512. The number of amides is 2. The molecule has 2 rings (SSSR count). The van der Waals surface area contributed by atoms with E-state index in [0.29, 0.717) is 18.5 Å². The van der Waals surface area contributed by atoms with Gasteiger partial charge < -0.3 is 5.73 Å². The normalized spacial score (nSPS) is 19.8. The second-order valence-electron chi connectivity index (χ2n) is 4.18. The molecule has 1 fully saturated rings. The first kappa shape index (κ1) is 12.1. The Morgan fingerprint density at radius 3 is 2.82 bits per heavy atom. The summed E-state index contributed by atoms with van der Waals surface area (Å²) >= 11 is 3.42. The Morgan fingerprint density at radius 2 is 2.24 bits per heavy atom. The van der Waals surface area contributed by atoms with E-state index in [-0.39, 0.29) is 5.91 Å². The third kappa shape index (κ3) is 2.20. The molecular weight excluding hydrogens is 284 g/mol. The standard InChI is InChI=1S/C12H13BrN2O2/c1-7-2-3-9(8(13)6-7)15-10(12(14)17)4-5-11(15)16/h2-3,6,10H,4-5H2,1H3,(H2,14,17). The SMILES string of the molecule is Cc1ccc(N2C(=O)CCC2C(N)=O)c(Br)c1. The molecule has 2 amide bonds. The third-order valence-corrected chi connectivity index (χ3v) is 3.54. The summed E-state index contributed by atoms with van der Waals surface area (Å²) in [6, 6.07) is 5.13. The quantitative estimate of drug-likeness (QED) is 0.903. The predicted octanol–water partition coefficient (Wildman–Crippen LogP) is 1.74. The number of primary amides is 1.